The molecule has 0 radical (unpaired) electrons. The molecule has 6 aromatic carbocycles. The van der Waals surface area contributed by atoms with Crippen LogP contribution in [0.25, 0.3) is 44.3 Å². The molecule has 8 aromatic rings. The number of ether oxygens (including phenoxy) is 4. The van der Waals surface area contributed by atoms with E-state index in [0.717, 1.165) is 86.7 Å². The quantitative estimate of drug-likeness (QED) is 0.0826. The molecule has 4 aliphatic rings. The summed E-state index contributed by atoms with van der Waals surface area (Å²) in [6.07, 6.45) is 5.02. The number of amides is 5. The highest BCUT2D eigenvalue weighted by molar-refractivity contribution is 5.94. The largest absolute Gasteiger partial charge is 0.445 e. The number of nitrogens with zero attached hydrogens (tertiary/aromatic N) is 6. The molecule has 16 nitrogen and oxygen atoms in total. The molecule has 0 unspecified atom stereocenters. The summed E-state index contributed by atoms with van der Waals surface area (Å²) in [5.41, 5.74) is 6.69. The molecule has 2 aromatic heterocycles. The number of piperidine rings is 2. The fraction of sp³-hybridized carbons (Fsp3) is 0.438. The van der Waals surface area contributed by atoms with E-state index in [1.54, 1.807) is 52.3 Å². The van der Waals surface area contributed by atoms with Gasteiger partial charge in [0, 0.05) is 74.2 Å². The van der Waals surface area contributed by atoms with Gasteiger partial charge in [-0.15, -0.1) is 0 Å². The molecule has 4 saturated heterocycles. The monoisotopic (exact) mass is 1370 g/mol. The number of nitrogens with one attached hydrogen (secondary N) is 1. The minimum Gasteiger partial charge on any atom is -0.445 e. The van der Waals surface area contributed by atoms with Gasteiger partial charge in [-0.2, -0.15) is 0 Å². The van der Waals surface area contributed by atoms with E-state index in [4.69, 9.17) is 18.9 Å². The van der Waals surface area contributed by atoms with Crippen molar-refractivity contribution in [2.75, 3.05) is 39.3 Å². The lowest BCUT2D eigenvalue weighted by molar-refractivity contribution is -0.136. The van der Waals surface area contributed by atoms with Crippen LogP contribution in [-0.4, -0.2) is 128 Å². The Bertz CT molecular complexity index is 4180. The van der Waals surface area contributed by atoms with Crippen molar-refractivity contribution >= 4 is 52.1 Å². The van der Waals surface area contributed by atoms with Crippen LogP contribution in [0.3, 0.4) is 0 Å². The summed E-state index contributed by atoms with van der Waals surface area (Å²) < 4.78 is 85.3. The van der Waals surface area contributed by atoms with Gasteiger partial charge in [0.1, 0.15) is 53.7 Å². The number of halogens is 4. The zero-order valence-corrected chi connectivity index (χ0v) is 58.8. The molecule has 1 N–H and O–H groups in total. The van der Waals surface area contributed by atoms with E-state index in [2.05, 4.69) is 14.5 Å². The zero-order chi connectivity index (χ0) is 71.2. The number of rotatable bonds is 14. The second kappa shape index (κ2) is 30.6. The van der Waals surface area contributed by atoms with E-state index in [0.29, 0.717) is 83.3 Å². The van der Waals surface area contributed by atoms with Crippen molar-refractivity contribution in [3.63, 3.8) is 0 Å². The molecule has 100 heavy (non-hydrogen) atoms. The van der Waals surface area contributed by atoms with Gasteiger partial charge in [-0.25, -0.2) is 36.7 Å². The highest BCUT2D eigenvalue weighted by Gasteiger charge is 2.42. The van der Waals surface area contributed by atoms with E-state index < -0.39 is 28.8 Å². The molecule has 6 heterocycles. The van der Waals surface area contributed by atoms with Crippen molar-refractivity contribution in [1.29, 1.82) is 0 Å². The van der Waals surface area contributed by atoms with Crippen molar-refractivity contribution in [3.05, 3.63) is 191 Å². The first kappa shape index (κ1) is 71.9. The van der Waals surface area contributed by atoms with Crippen LogP contribution >= 0.6 is 0 Å². The molecule has 0 spiro atoms. The predicted octanol–water partition coefficient (Wildman–Crippen LogP) is 17.5. The third kappa shape index (κ3) is 17.3. The Hall–Kier alpha value is -9.33. The van der Waals surface area contributed by atoms with Crippen LogP contribution in [-0.2, 0) is 49.8 Å². The standard InChI is InChI=1S/C43H52F2N4O5.C37H41F2N3O4/c1-42(2,3)38(46-40(51)53-27-28-11-8-7-9-12-28)39(50)48-22-10-13-33(48)26-35-34-19-18-31(45)25-36(34)49(37(35)29-14-16-30(44)17-15-29)32-20-23-47(24-21-32)41(52)54-43(4,5)6;1-37(2,3)46-35(43)40-20-17-29(18-21-40)42-33-22-28(39)15-16-31(33)32(34(42)26-11-13-27(38)14-12-26)23-30-10-7-19-41(30)36(44)45-24-25-8-5-4-6-9-25/h7-9,11-12,14-19,25,32-33,38H,10,13,20-24,26-27H2,1-6H3,(H,46,51);4-6,8-9,11-16,22,29-30H,7,10,17-21,23-24H2,1-3H3/t33-,38+;30-/m00/s1. The van der Waals surface area contributed by atoms with Gasteiger partial charge in [0.15, 0.2) is 0 Å². The summed E-state index contributed by atoms with van der Waals surface area (Å²) in [5.74, 6) is -1.61. The SMILES string of the molecule is CC(C)(C)OC(=O)N1CCC(n2c(-c3ccc(F)cc3)c(C[C@@H]3CCCN3C(=O)OCc3ccccc3)c3ccc(F)cc32)CC1.CC(C)(C)OC(=O)N1CCC(n2c(-c3ccc(F)cc3)c(C[C@@H]3CCCN3C(=O)[C@@H](NC(=O)OCc3ccccc3)C(C)(C)C)c3ccc(F)cc32)CC1. The van der Waals surface area contributed by atoms with Gasteiger partial charge in [0.2, 0.25) is 5.91 Å². The van der Waals surface area contributed by atoms with Crippen LogP contribution in [0, 0.1) is 28.7 Å². The summed E-state index contributed by atoms with van der Waals surface area (Å²) in [4.78, 5) is 73.7. The van der Waals surface area contributed by atoms with E-state index in [9.17, 15) is 37.1 Å². The number of carbonyl (C=O) groups is 5. The minimum absolute atomic E-state index is 0.0349. The van der Waals surface area contributed by atoms with E-state index in [-0.39, 0.29) is 84.8 Å². The number of benzene rings is 6. The maximum atomic E-state index is 15.1. The Labute approximate surface area is 583 Å². The fourth-order valence-corrected chi connectivity index (χ4v) is 14.6. The lowest BCUT2D eigenvalue weighted by atomic mass is 9.85. The number of likely N-dealkylation sites (tertiary alicyclic amines) is 4. The summed E-state index contributed by atoms with van der Waals surface area (Å²) in [6, 6.07) is 40.1. The third-order valence-electron chi connectivity index (χ3n) is 19.3. The van der Waals surface area contributed by atoms with Gasteiger partial charge >= 0.3 is 24.4 Å². The van der Waals surface area contributed by atoms with Gasteiger partial charge in [0.25, 0.3) is 0 Å². The number of fused-ring (bicyclic) bond motifs is 2. The average molecular weight is 1370 g/mol. The summed E-state index contributed by atoms with van der Waals surface area (Å²) in [7, 11) is 0. The molecule has 3 atom stereocenters. The van der Waals surface area contributed by atoms with Gasteiger partial charge in [0.05, 0.1) is 22.4 Å². The Balaban J connectivity index is 0.000000204. The Morgan fingerprint density at radius 3 is 1.26 bits per heavy atom. The second-order valence-electron chi connectivity index (χ2n) is 29.9. The molecule has 12 rings (SSSR count). The molecular weight excluding hydrogens is 1280 g/mol. The van der Waals surface area contributed by atoms with Crippen LogP contribution in [0.1, 0.15) is 148 Å². The van der Waals surface area contributed by atoms with Crippen LogP contribution in [0.4, 0.5) is 36.7 Å². The topological polar surface area (TPSA) is 157 Å². The van der Waals surface area contributed by atoms with E-state index in [1.807, 2.05) is 139 Å². The molecule has 0 bridgehead atoms. The first-order valence-electron chi connectivity index (χ1n) is 35.0. The van der Waals surface area contributed by atoms with Crippen LogP contribution < -0.4 is 5.32 Å². The first-order chi connectivity index (χ1) is 47.7. The maximum Gasteiger partial charge on any atom is 0.410 e. The van der Waals surface area contributed by atoms with Crippen LogP contribution in [0.2, 0.25) is 0 Å². The molecule has 0 saturated carbocycles. The van der Waals surface area contributed by atoms with Gasteiger partial charge in [-0.1, -0.05) is 81.4 Å². The number of alkyl carbamates (subject to hydrolysis) is 1. The van der Waals surface area contributed by atoms with Gasteiger partial charge in [-0.05, 0) is 229 Å². The minimum atomic E-state index is -0.844. The molecule has 0 aliphatic carbocycles. The Morgan fingerprint density at radius 1 is 0.460 bits per heavy atom. The molecular formula is C80H93F4N7O9. The molecule has 530 valence electrons. The number of carbonyl (C=O) groups excluding carboxylic acids is 5. The highest BCUT2D eigenvalue weighted by atomic mass is 19.1. The lowest BCUT2D eigenvalue weighted by Crippen LogP contribution is -2.56. The highest BCUT2D eigenvalue weighted by Crippen LogP contribution is 2.44. The number of hydrogen-bond acceptors (Lipinski definition) is 9. The molecule has 4 aliphatic heterocycles. The molecule has 20 heteroatoms. The summed E-state index contributed by atoms with van der Waals surface area (Å²) >= 11 is 0. The Kier molecular flexibility index (Phi) is 22.0. The zero-order valence-electron chi connectivity index (χ0n) is 58.8. The average Bonchev–Trinajstić information content (AvgIpc) is 1.59. The van der Waals surface area contributed by atoms with Gasteiger partial charge < -0.3 is 53.0 Å². The maximum absolute atomic E-state index is 15.1. The summed E-state index contributed by atoms with van der Waals surface area (Å²) in [5, 5.41) is 4.63. The van der Waals surface area contributed by atoms with Crippen LogP contribution in [0.15, 0.2) is 146 Å². The second-order valence-corrected chi connectivity index (χ2v) is 29.9. The predicted molar refractivity (Wildman–Crippen MR) is 378 cm³/mol. The van der Waals surface area contributed by atoms with Crippen molar-refractivity contribution in [2.24, 2.45) is 5.41 Å². The van der Waals surface area contributed by atoms with Gasteiger partial charge in [-0.3, -0.25) is 4.79 Å². The number of aromatic nitrogens is 2. The fourth-order valence-electron chi connectivity index (χ4n) is 14.6. The van der Waals surface area contributed by atoms with E-state index in [1.165, 1.54) is 36.4 Å². The third-order valence-corrected chi connectivity index (χ3v) is 19.3. The van der Waals surface area contributed by atoms with Crippen molar-refractivity contribution in [1.82, 2.24) is 34.1 Å². The van der Waals surface area contributed by atoms with Crippen molar-refractivity contribution in [3.8, 4) is 22.5 Å². The Morgan fingerprint density at radius 2 is 0.850 bits per heavy atom. The number of hydrogen-bond donors (Lipinski definition) is 1. The lowest BCUT2D eigenvalue weighted by Gasteiger charge is -2.36. The summed E-state index contributed by atoms with van der Waals surface area (Å²) in [6.45, 7) is 20.2. The molecule has 5 amide bonds. The van der Waals surface area contributed by atoms with Crippen molar-refractivity contribution in [2.45, 2.75) is 181 Å². The van der Waals surface area contributed by atoms with E-state index >= 15 is 4.39 Å². The normalized spacial score (nSPS) is 17.4. The molecule has 4 fully saturated rings. The first-order valence-corrected chi connectivity index (χ1v) is 35.0. The van der Waals surface area contributed by atoms with Crippen LogP contribution in [0.5, 0.6) is 0 Å². The smallest absolute Gasteiger partial charge is 0.410 e. The van der Waals surface area contributed by atoms with Crippen molar-refractivity contribution < 1.29 is 60.5 Å².